The second-order valence-corrected chi connectivity index (χ2v) is 5.25. The molecule has 0 bridgehead atoms. The minimum Gasteiger partial charge on any atom is -0.465 e. The van der Waals surface area contributed by atoms with Crippen LogP contribution in [0.25, 0.3) is 10.9 Å². The van der Waals surface area contributed by atoms with Gasteiger partial charge >= 0.3 is 5.97 Å². The summed E-state index contributed by atoms with van der Waals surface area (Å²) in [5, 5.41) is 3.58. The minimum absolute atomic E-state index is 0.0983. The van der Waals surface area contributed by atoms with Crippen molar-refractivity contribution >= 4 is 28.5 Å². The lowest BCUT2D eigenvalue weighted by molar-refractivity contribution is -0.115. The molecule has 1 amide bonds. The zero-order chi connectivity index (χ0) is 16.9. The van der Waals surface area contributed by atoms with Crippen molar-refractivity contribution in [3.63, 3.8) is 0 Å². The smallest absolute Gasteiger partial charge is 0.338 e. The summed E-state index contributed by atoms with van der Waals surface area (Å²) in [5.74, 6) is -0.232. The highest BCUT2D eigenvalue weighted by Gasteiger charge is 2.15. The zero-order valence-corrected chi connectivity index (χ0v) is 13.2. The van der Waals surface area contributed by atoms with Gasteiger partial charge in [-0.1, -0.05) is 30.3 Å². The van der Waals surface area contributed by atoms with E-state index in [1.165, 1.54) is 7.11 Å². The largest absolute Gasteiger partial charge is 0.465 e. The van der Waals surface area contributed by atoms with Crippen molar-refractivity contribution < 1.29 is 14.3 Å². The molecular weight excluding hydrogens is 304 g/mol. The number of nitrogens with zero attached hydrogens (tertiary/aromatic N) is 1. The lowest BCUT2D eigenvalue weighted by Crippen LogP contribution is -2.03. The lowest BCUT2D eigenvalue weighted by atomic mass is 10.1. The van der Waals surface area contributed by atoms with E-state index in [0.717, 1.165) is 22.2 Å². The van der Waals surface area contributed by atoms with Crippen molar-refractivity contribution in [3.05, 3.63) is 71.9 Å². The zero-order valence-electron chi connectivity index (χ0n) is 13.2. The normalized spacial score (nSPS) is 12.0. The second kappa shape index (κ2) is 6.91. The fraction of sp³-hybridized carbons (Fsp3) is 0.105. The van der Waals surface area contributed by atoms with Crippen LogP contribution in [0.3, 0.4) is 0 Å². The number of anilines is 1. The maximum Gasteiger partial charge on any atom is 0.338 e. The van der Waals surface area contributed by atoms with Crippen molar-refractivity contribution in [1.82, 2.24) is 4.98 Å². The van der Waals surface area contributed by atoms with Crippen LogP contribution >= 0.6 is 0 Å². The van der Waals surface area contributed by atoms with Gasteiger partial charge in [-0.05, 0) is 29.8 Å². The molecule has 1 aliphatic heterocycles. The monoisotopic (exact) mass is 320 g/mol. The van der Waals surface area contributed by atoms with E-state index in [2.05, 4.69) is 15.0 Å². The van der Waals surface area contributed by atoms with Crippen molar-refractivity contribution in [2.75, 3.05) is 12.4 Å². The SMILES string of the molecule is COC(=O)c1cccc2ncccc12.O=C1Cc2ccccc2N1. The Hall–Kier alpha value is -3.21. The molecule has 1 aromatic heterocycles. The number of para-hydroxylation sites is 1. The molecule has 1 aliphatic rings. The van der Waals surface area contributed by atoms with Crippen LogP contribution < -0.4 is 5.32 Å². The molecule has 2 aromatic carbocycles. The summed E-state index contributed by atoms with van der Waals surface area (Å²) in [6.45, 7) is 0. The second-order valence-electron chi connectivity index (χ2n) is 5.25. The molecule has 5 nitrogen and oxygen atoms in total. The highest BCUT2D eigenvalue weighted by atomic mass is 16.5. The van der Waals surface area contributed by atoms with Crippen LogP contribution in [-0.2, 0) is 16.0 Å². The molecule has 4 rings (SSSR count). The predicted molar refractivity (Wildman–Crippen MR) is 91.9 cm³/mol. The number of hydrogen-bond donors (Lipinski definition) is 1. The number of ether oxygens (including phenoxy) is 1. The van der Waals surface area contributed by atoms with Crippen LogP contribution in [0.1, 0.15) is 15.9 Å². The molecule has 0 aliphatic carbocycles. The number of fused-ring (bicyclic) bond motifs is 2. The fourth-order valence-corrected chi connectivity index (χ4v) is 2.56. The Morgan fingerprint density at radius 2 is 1.92 bits per heavy atom. The van der Waals surface area contributed by atoms with Crippen LogP contribution in [0, 0.1) is 0 Å². The van der Waals surface area contributed by atoms with Crippen molar-refractivity contribution in [3.8, 4) is 0 Å². The summed E-state index contributed by atoms with van der Waals surface area (Å²) in [7, 11) is 1.37. The summed E-state index contributed by atoms with van der Waals surface area (Å²) >= 11 is 0. The number of methoxy groups -OCH3 is 1. The van der Waals surface area contributed by atoms with Gasteiger partial charge in [-0.3, -0.25) is 9.78 Å². The van der Waals surface area contributed by atoms with Gasteiger partial charge in [0.05, 0.1) is 24.6 Å². The molecule has 0 unspecified atom stereocenters. The summed E-state index contributed by atoms with van der Waals surface area (Å²) in [4.78, 5) is 26.3. The number of pyridine rings is 1. The maximum absolute atomic E-state index is 11.4. The lowest BCUT2D eigenvalue weighted by Gasteiger charge is -2.02. The Morgan fingerprint density at radius 1 is 1.08 bits per heavy atom. The number of hydrogen-bond acceptors (Lipinski definition) is 4. The van der Waals surface area contributed by atoms with Gasteiger partial charge in [0.1, 0.15) is 0 Å². The van der Waals surface area contributed by atoms with Gasteiger partial charge in [0.25, 0.3) is 0 Å². The van der Waals surface area contributed by atoms with E-state index in [1.54, 1.807) is 24.4 Å². The first-order valence-electron chi connectivity index (χ1n) is 7.49. The average Bonchev–Trinajstić information content (AvgIpc) is 3.01. The van der Waals surface area contributed by atoms with E-state index < -0.39 is 0 Å². The fourth-order valence-electron chi connectivity index (χ4n) is 2.56. The number of carbonyl (C=O) groups excluding carboxylic acids is 2. The minimum atomic E-state index is -0.330. The van der Waals surface area contributed by atoms with E-state index in [9.17, 15) is 9.59 Å². The summed E-state index contributed by atoms with van der Waals surface area (Å²) in [6, 6.07) is 16.8. The number of amides is 1. The number of aromatic nitrogens is 1. The molecule has 3 aromatic rings. The Balaban J connectivity index is 0.000000149. The summed E-state index contributed by atoms with van der Waals surface area (Å²) in [5.41, 5.74) is 3.42. The van der Waals surface area contributed by atoms with E-state index >= 15 is 0 Å². The third kappa shape index (κ3) is 3.25. The standard InChI is InChI=1S/C11H9NO2.C8H7NO/c1-14-11(13)9-4-2-6-10-8(9)5-3-7-12-10;10-8-5-6-3-1-2-4-7(6)9-8/h2-7H,1H3;1-4H,5H2,(H,9,10). The first kappa shape index (κ1) is 15.7. The molecule has 24 heavy (non-hydrogen) atoms. The topological polar surface area (TPSA) is 68.3 Å². The number of carbonyl (C=O) groups is 2. The van der Waals surface area contributed by atoms with Crippen LogP contribution in [0.2, 0.25) is 0 Å². The average molecular weight is 320 g/mol. The van der Waals surface area contributed by atoms with Crippen LogP contribution in [-0.4, -0.2) is 24.0 Å². The first-order chi connectivity index (χ1) is 11.7. The van der Waals surface area contributed by atoms with Crippen LogP contribution in [0.15, 0.2) is 60.8 Å². The van der Waals surface area contributed by atoms with Gasteiger partial charge in [-0.15, -0.1) is 0 Å². The highest BCUT2D eigenvalue weighted by molar-refractivity contribution is 6.03. The molecule has 0 fully saturated rings. The maximum atomic E-state index is 11.4. The van der Waals surface area contributed by atoms with Crippen LogP contribution in [0.4, 0.5) is 5.69 Å². The molecule has 0 atom stereocenters. The molecule has 120 valence electrons. The summed E-state index contributed by atoms with van der Waals surface area (Å²) < 4.78 is 4.68. The molecule has 5 heteroatoms. The number of nitrogens with one attached hydrogen (secondary N) is 1. The van der Waals surface area contributed by atoms with Gasteiger partial charge in [0.2, 0.25) is 5.91 Å². The molecule has 0 saturated carbocycles. The third-order valence-electron chi connectivity index (χ3n) is 3.69. The Bertz CT molecular complexity index is 874. The van der Waals surface area contributed by atoms with Crippen molar-refractivity contribution in [2.24, 2.45) is 0 Å². The van der Waals surface area contributed by atoms with E-state index in [-0.39, 0.29) is 11.9 Å². The predicted octanol–water partition coefficient (Wildman–Crippen LogP) is 3.20. The third-order valence-corrected chi connectivity index (χ3v) is 3.69. The van der Waals surface area contributed by atoms with Gasteiger partial charge in [-0.2, -0.15) is 0 Å². The van der Waals surface area contributed by atoms with E-state index in [4.69, 9.17) is 0 Å². The number of benzene rings is 2. The molecule has 2 heterocycles. The first-order valence-corrected chi connectivity index (χ1v) is 7.49. The van der Waals surface area contributed by atoms with Gasteiger partial charge in [0, 0.05) is 17.3 Å². The number of rotatable bonds is 1. The Kier molecular flexibility index (Phi) is 4.52. The van der Waals surface area contributed by atoms with Gasteiger partial charge in [0.15, 0.2) is 0 Å². The summed E-state index contributed by atoms with van der Waals surface area (Å²) in [6.07, 6.45) is 2.24. The number of esters is 1. The Labute approximate surface area is 139 Å². The molecule has 0 spiro atoms. The van der Waals surface area contributed by atoms with Crippen molar-refractivity contribution in [2.45, 2.75) is 6.42 Å². The Morgan fingerprint density at radius 3 is 2.71 bits per heavy atom. The van der Waals surface area contributed by atoms with Crippen molar-refractivity contribution in [1.29, 1.82) is 0 Å². The quantitative estimate of drug-likeness (QED) is 0.699. The highest BCUT2D eigenvalue weighted by Crippen LogP contribution is 2.21. The molecule has 0 radical (unpaired) electrons. The molecular formula is C19H16N2O3. The van der Waals surface area contributed by atoms with E-state index in [1.807, 2.05) is 36.4 Å². The van der Waals surface area contributed by atoms with Gasteiger partial charge in [-0.25, -0.2) is 4.79 Å². The van der Waals surface area contributed by atoms with Crippen LogP contribution in [0.5, 0.6) is 0 Å². The van der Waals surface area contributed by atoms with Gasteiger partial charge < -0.3 is 10.1 Å². The molecule has 0 saturated heterocycles. The van der Waals surface area contributed by atoms with E-state index in [0.29, 0.717) is 12.0 Å². The molecule has 1 N–H and O–H groups in total.